The Labute approximate surface area is 184 Å². The molecular formula is C21H24FN7O3. The van der Waals surface area contributed by atoms with E-state index in [1.807, 2.05) is 43.3 Å². The third-order valence-corrected chi connectivity index (χ3v) is 4.78. The van der Waals surface area contributed by atoms with Crippen LogP contribution in [0.15, 0.2) is 48.5 Å². The van der Waals surface area contributed by atoms with Crippen molar-refractivity contribution >= 4 is 29.0 Å². The van der Waals surface area contributed by atoms with Crippen LogP contribution in [0.5, 0.6) is 5.75 Å². The molecule has 11 heteroatoms. The van der Waals surface area contributed by atoms with Crippen LogP contribution in [0.3, 0.4) is 0 Å². The molecule has 0 aliphatic carbocycles. The number of anilines is 4. The number of halogens is 1. The molecule has 0 saturated heterocycles. The molecule has 2 aromatic carbocycles. The van der Waals surface area contributed by atoms with Gasteiger partial charge in [-0.25, -0.2) is 4.39 Å². The second-order valence-corrected chi connectivity index (χ2v) is 7.12. The van der Waals surface area contributed by atoms with Gasteiger partial charge in [0.15, 0.2) is 0 Å². The molecule has 10 nitrogen and oxygen atoms in total. The topological polar surface area (TPSA) is 131 Å². The zero-order valence-electron chi connectivity index (χ0n) is 17.9. The zero-order valence-corrected chi connectivity index (χ0v) is 17.9. The van der Waals surface area contributed by atoms with Crippen molar-refractivity contribution in [3.63, 3.8) is 0 Å². The number of ether oxygens (including phenoxy) is 1. The molecule has 32 heavy (non-hydrogen) atoms. The Morgan fingerprint density at radius 1 is 1.19 bits per heavy atom. The van der Waals surface area contributed by atoms with E-state index < -0.39 is 16.4 Å². The van der Waals surface area contributed by atoms with E-state index in [9.17, 15) is 14.5 Å². The number of hydrogen-bond acceptors (Lipinski definition) is 9. The summed E-state index contributed by atoms with van der Waals surface area (Å²) in [5.41, 5.74) is 6.76. The molecule has 0 aliphatic rings. The Morgan fingerprint density at radius 3 is 2.50 bits per heavy atom. The minimum atomic E-state index is -0.664. The van der Waals surface area contributed by atoms with Gasteiger partial charge in [-0.1, -0.05) is 18.2 Å². The molecule has 0 amide bonds. The molecular weight excluding hydrogens is 417 g/mol. The van der Waals surface area contributed by atoms with Crippen molar-refractivity contribution in [2.45, 2.75) is 6.04 Å². The fraction of sp³-hybridized carbons (Fsp3) is 0.238. The summed E-state index contributed by atoms with van der Waals surface area (Å²) in [6, 6.07) is 12.9. The van der Waals surface area contributed by atoms with Crippen LogP contribution < -0.4 is 21.1 Å². The minimum Gasteiger partial charge on any atom is -0.496 e. The number of aromatic nitrogens is 2. The molecule has 1 atom stereocenters. The summed E-state index contributed by atoms with van der Waals surface area (Å²) >= 11 is 0. The standard InChI is InChI=1S/C21H24FN7O3/c1-28(2)16(15-6-4-5-7-17(15)32-3)12-24-21-26-19(23)18(29(30)31)20(27-21)25-14-10-8-13(22)9-11-14/h4-11,16H,12H2,1-3H3,(H4,23,24,25,26,27)/t16-/m0/s1. The number of nitrogens with zero attached hydrogens (tertiary/aromatic N) is 4. The molecule has 0 aliphatic heterocycles. The number of nitrogens with two attached hydrogens (primary N) is 1. The number of benzene rings is 2. The van der Waals surface area contributed by atoms with Crippen LogP contribution in [0.4, 0.5) is 33.3 Å². The Hall–Kier alpha value is -3.99. The normalized spacial score (nSPS) is 11.8. The molecule has 0 bridgehead atoms. The summed E-state index contributed by atoms with van der Waals surface area (Å²) in [6.07, 6.45) is 0. The van der Waals surface area contributed by atoms with Crippen molar-refractivity contribution in [3.8, 4) is 5.75 Å². The lowest BCUT2D eigenvalue weighted by Gasteiger charge is -2.26. The third-order valence-electron chi connectivity index (χ3n) is 4.78. The first kappa shape index (κ1) is 22.7. The monoisotopic (exact) mass is 441 g/mol. The summed E-state index contributed by atoms with van der Waals surface area (Å²) < 4.78 is 18.7. The van der Waals surface area contributed by atoms with Gasteiger partial charge in [0.05, 0.1) is 18.1 Å². The lowest BCUT2D eigenvalue weighted by atomic mass is 10.0. The molecule has 0 unspecified atom stereocenters. The maximum atomic E-state index is 13.2. The maximum absolute atomic E-state index is 13.2. The van der Waals surface area contributed by atoms with Gasteiger partial charge in [-0.05, 0) is 44.4 Å². The minimum absolute atomic E-state index is 0.102. The Bertz CT molecular complexity index is 1090. The van der Waals surface area contributed by atoms with Gasteiger partial charge >= 0.3 is 5.69 Å². The van der Waals surface area contributed by atoms with Gasteiger partial charge in [0, 0.05) is 17.8 Å². The van der Waals surface area contributed by atoms with E-state index in [0.717, 1.165) is 11.3 Å². The highest BCUT2D eigenvalue weighted by Crippen LogP contribution is 2.32. The smallest absolute Gasteiger partial charge is 0.353 e. The van der Waals surface area contributed by atoms with Crippen LogP contribution in [-0.4, -0.2) is 47.5 Å². The van der Waals surface area contributed by atoms with E-state index in [2.05, 4.69) is 20.6 Å². The number of likely N-dealkylation sites (N-methyl/N-ethyl adjacent to an activating group) is 1. The number of methoxy groups -OCH3 is 1. The number of nitrogens with one attached hydrogen (secondary N) is 2. The summed E-state index contributed by atoms with van der Waals surface area (Å²) in [6.45, 7) is 0.376. The summed E-state index contributed by atoms with van der Waals surface area (Å²) in [7, 11) is 5.45. The number of nitro groups is 1. The molecule has 168 valence electrons. The second-order valence-electron chi connectivity index (χ2n) is 7.12. The Morgan fingerprint density at radius 2 is 1.88 bits per heavy atom. The Kier molecular flexibility index (Phi) is 7.00. The number of rotatable bonds is 9. The largest absolute Gasteiger partial charge is 0.496 e. The van der Waals surface area contributed by atoms with Crippen molar-refractivity contribution in [2.75, 3.05) is 44.1 Å². The predicted molar refractivity (Wildman–Crippen MR) is 121 cm³/mol. The van der Waals surface area contributed by atoms with Crippen molar-refractivity contribution < 1.29 is 14.1 Å². The summed E-state index contributed by atoms with van der Waals surface area (Å²) in [4.78, 5) is 21.1. The first-order valence-electron chi connectivity index (χ1n) is 9.68. The second kappa shape index (κ2) is 9.88. The molecule has 0 fully saturated rings. The SMILES string of the molecule is COc1ccccc1[C@H](CNc1nc(N)c([N+](=O)[O-])c(Nc2ccc(F)cc2)n1)N(C)C. The first-order valence-corrected chi connectivity index (χ1v) is 9.68. The van der Waals surface area contributed by atoms with E-state index >= 15 is 0 Å². The van der Waals surface area contributed by atoms with Crippen LogP contribution in [-0.2, 0) is 0 Å². The summed E-state index contributed by atoms with van der Waals surface area (Å²) in [5, 5.41) is 17.4. The predicted octanol–water partition coefficient (Wildman–Crippen LogP) is 3.57. The molecule has 0 radical (unpaired) electrons. The van der Waals surface area contributed by atoms with Crippen molar-refractivity contribution in [1.29, 1.82) is 0 Å². The highest BCUT2D eigenvalue weighted by atomic mass is 19.1. The van der Waals surface area contributed by atoms with Crippen LogP contribution in [0.1, 0.15) is 11.6 Å². The average Bonchev–Trinajstić information content (AvgIpc) is 2.75. The maximum Gasteiger partial charge on any atom is 0.353 e. The van der Waals surface area contributed by atoms with Crippen LogP contribution >= 0.6 is 0 Å². The molecule has 1 aromatic heterocycles. The highest BCUT2D eigenvalue weighted by Gasteiger charge is 2.24. The van der Waals surface area contributed by atoms with Crippen molar-refractivity contribution in [3.05, 3.63) is 70.0 Å². The van der Waals surface area contributed by atoms with E-state index in [4.69, 9.17) is 10.5 Å². The molecule has 4 N–H and O–H groups in total. The third kappa shape index (κ3) is 5.19. The van der Waals surface area contributed by atoms with Gasteiger partial charge in [0.25, 0.3) is 0 Å². The van der Waals surface area contributed by atoms with Crippen LogP contribution in [0, 0.1) is 15.9 Å². The van der Waals surface area contributed by atoms with Gasteiger partial charge in [-0.15, -0.1) is 0 Å². The Balaban J connectivity index is 1.89. The quantitative estimate of drug-likeness (QED) is 0.337. The van der Waals surface area contributed by atoms with Gasteiger partial charge in [-0.3, -0.25) is 10.1 Å². The number of nitrogen functional groups attached to an aromatic ring is 1. The molecule has 0 spiro atoms. The lowest BCUT2D eigenvalue weighted by Crippen LogP contribution is -2.28. The van der Waals surface area contributed by atoms with Gasteiger partial charge < -0.3 is 26.0 Å². The fourth-order valence-corrected chi connectivity index (χ4v) is 3.19. The van der Waals surface area contributed by atoms with Gasteiger partial charge in [-0.2, -0.15) is 9.97 Å². The van der Waals surface area contributed by atoms with Crippen molar-refractivity contribution in [1.82, 2.24) is 14.9 Å². The number of para-hydroxylation sites is 1. The summed E-state index contributed by atoms with van der Waals surface area (Å²) in [5.74, 6) is 0.0158. The van der Waals surface area contributed by atoms with Crippen molar-refractivity contribution in [2.24, 2.45) is 0 Å². The van der Waals surface area contributed by atoms with Crippen LogP contribution in [0.25, 0.3) is 0 Å². The zero-order chi connectivity index (χ0) is 23.3. The van der Waals surface area contributed by atoms with Crippen LogP contribution in [0.2, 0.25) is 0 Å². The van der Waals surface area contributed by atoms with E-state index in [1.54, 1.807) is 7.11 Å². The van der Waals surface area contributed by atoms with E-state index in [1.165, 1.54) is 24.3 Å². The van der Waals surface area contributed by atoms with Gasteiger partial charge in [0.2, 0.25) is 17.6 Å². The molecule has 3 aromatic rings. The first-order chi connectivity index (χ1) is 15.3. The number of hydrogen-bond donors (Lipinski definition) is 3. The van der Waals surface area contributed by atoms with E-state index in [0.29, 0.717) is 12.2 Å². The fourth-order valence-electron chi connectivity index (χ4n) is 3.19. The average molecular weight is 441 g/mol. The molecule has 1 heterocycles. The lowest BCUT2D eigenvalue weighted by molar-refractivity contribution is -0.383. The highest BCUT2D eigenvalue weighted by molar-refractivity contribution is 5.74. The van der Waals surface area contributed by atoms with E-state index in [-0.39, 0.29) is 23.6 Å². The van der Waals surface area contributed by atoms with Gasteiger partial charge in [0.1, 0.15) is 11.6 Å². The molecule has 0 saturated carbocycles. The molecule has 3 rings (SSSR count).